The van der Waals surface area contributed by atoms with E-state index in [2.05, 4.69) is 0 Å². The monoisotopic (exact) mass is 428 g/mol. The van der Waals surface area contributed by atoms with Gasteiger partial charge >= 0.3 is 0 Å². The second-order valence-corrected chi connectivity index (χ2v) is 8.21. The van der Waals surface area contributed by atoms with Gasteiger partial charge in [-0.25, -0.2) is 4.39 Å². The number of aromatic nitrogens is 1. The molecule has 1 aliphatic rings. The fourth-order valence-corrected chi connectivity index (χ4v) is 4.53. The highest BCUT2D eigenvalue weighted by Gasteiger charge is 2.28. The Hall–Kier alpha value is -3.60. The molecule has 0 aliphatic carbocycles. The predicted molar refractivity (Wildman–Crippen MR) is 124 cm³/mol. The van der Waals surface area contributed by atoms with Crippen molar-refractivity contribution < 1.29 is 13.9 Å². The van der Waals surface area contributed by atoms with Crippen molar-refractivity contribution in [3.63, 3.8) is 0 Å². The van der Waals surface area contributed by atoms with Crippen LogP contribution in [0.1, 0.15) is 34.5 Å². The van der Waals surface area contributed by atoms with Crippen molar-refractivity contribution in [2.75, 3.05) is 13.1 Å². The summed E-state index contributed by atoms with van der Waals surface area (Å²) in [4.78, 5) is 15.5. The first-order valence-corrected chi connectivity index (χ1v) is 11.0. The summed E-state index contributed by atoms with van der Waals surface area (Å²) in [5.41, 5.74) is 4.21. The number of amides is 1. The number of hydrogen-bond donors (Lipinski definition) is 0. The highest BCUT2D eigenvalue weighted by Crippen LogP contribution is 2.36. The Kier molecular flexibility index (Phi) is 5.39. The Morgan fingerprint density at radius 3 is 2.38 bits per heavy atom. The number of carbonyl (C=O) groups excluding carboxylic acids is 1. The van der Waals surface area contributed by atoms with Gasteiger partial charge in [-0.3, -0.25) is 4.79 Å². The topological polar surface area (TPSA) is 34.5 Å². The van der Waals surface area contributed by atoms with E-state index >= 15 is 0 Å². The van der Waals surface area contributed by atoms with Gasteiger partial charge in [0.1, 0.15) is 23.9 Å². The van der Waals surface area contributed by atoms with E-state index in [4.69, 9.17) is 4.74 Å². The molecule has 162 valence electrons. The standard InChI is InChI=1S/C27H25FN2O2/c1-19-25-23(10-7-11-24(25)32-18-20-8-3-2-4-9-20)30(22-14-12-21(28)13-15-22)26(19)27(31)29-16-5-6-17-29/h2-4,7-15H,5-6,16-18H2,1H3. The zero-order valence-corrected chi connectivity index (χ0v) is 18.1. The third-order valence-electron chi connectivity index (χ3n) is 6.12. The van der Waals surface area contributed by atoms with E-state index in [0.717, 1.165) is 59.4 Å². The van der Waals surface area contributed by atoms with E-state index in [9.17, 15) is 9.18 Å². The van der Waals surface area contributed by atoms with E-state index in [1.54, 1.807) is 12.1 Å². The van der Waals surface area contributed by atoms with Crippen molar-refractivity contribution in [3.05, 3.63) is 95.4 Å². The second kappa shape index (κ2) is 8.50. The number of halogens is 1. The number of aryl methyl sites for hydroxylation is 1. The quantitative estimate of drug-likeness (QED) is 0.397. The SMILES string of the molecule is Cc1c(C(=O)N2CCCC2)n(-c2ccc(F)cc2)c2cccc(OCc3ccccc3)c12. The molecular weight excluding hydrogens is 403 g/mol. The molecule has 0 atom stereocenters. The van der Waals surface area contributed by atoms with Gasteiger partial charge in [0.05, 0.1) is 5.52 Å². The molecule has 0 unspecified atom stereocenters. The minimum absolute atomic E-state index is 0.00883. The molecule has 0 radical (unpaired) electrons. The van der Waals surface area contributed by atoms with E-state index in [-0.39, 0.29) is 11.7 Å². The first-order valence-electron chi connectivity index (χ1n) is 11.0. The van der Waals surface area contributed by atoms with Crippen LogP contribution in [0.15, 0.2) is 72.8 Å². The van der Waals surface area contributed by atoms with Crippen molar-refractivity contribution >= 4 is 16.8 Å². The number of ether oxygens (including phenoxy) is 1. The van der Waals surface area contributed by atoms with Crippen LogP contribution in [-0.4, -0.2) is 28.5 Å². The summed E-state index contributed by atoms with van der Waals surface area (Å²) < 4.78 is 21.8. The zero-order valence-electron chi connectivity index (χ0n) is 18.1. The minimum Gasteiger partial charge on any atom is -0.488 e. The van der Waals surface area contributed by atoms with Crippen molar-refractivity contribution in [3.8, 4) is 11.4 Å². The Bertz CT molecular complexity index is 1260. The van der Waals surface area contributed by atoms with Crippen LogP contribution >= 0.6 is 0 Å². The lowest BCUT2D eigenvalue weighted by molar-refractivity contribution is 0.0784. The molecule has 4 nitrogen and oxygen atoms in total. The number of likely N-dealkylation sites (tertiary alicyclic amines) is 1. The zero-order chi connectivity index (χ0) is 22.1. The Balaban J connectivity index is 1.66. The Morgan fingerprint density at radius 1 is 0.938 bits per heavy atom. The smallest absolute Gasteiger partial charge is 0.271 e. The lowest BCUT2D eigenvalue weighted by Gasteiger charge is -2.18. The Labute approximate surface area is 186 Å². The summed E-state index contributed by atoms with van der Waals surface area (Å²) in [5.74, 6) is 0.441. The summed E-state index contributed by atoms with van der Waals surface area (Å²) in [6, 6.07) is 22.2. The molecule has 5 rings (SSSR count). The highest BCUT2D eigenvalue weighted by atomic mass is 19.1. The van der Waals surface area contributed by atoms with Gasteiger partial charge in [-0.2, -0.15) is 0 Å². The predicted octanol–water partition coefficient (Wildman–Crippen LogP) is 5.89. The molecule has 1 aliphatic heterocycles. The molecule has 1 fully saturated rings. The van der Waals surface area contributed by atoms with Crippen LogP contribution in [0.4, 0.5) is 4.39 Å². The number of hydrogen-bond acceptors (Lipinski definition) is 2. The lowest BCUT2D eigenvalue weighted by Crippen LogP contribution is -2.30. The molecule has 1 saturated heterocycles. The third kappa shape index (κ3) is 3.64. The van der Waals surface area contributed by atoms with E-state index < -0.39 is 0 Å². The summed E-state index contributed by atoms with van der Waals surface area (Å²) >= 11 is 0. The van der Waals surface area contributed by atoms with Crippen molar-refractivity contribution in [2.24, 2.45) is 0 Å². The van der Waals surface area contributed by atoms with E-state index in [1.807, 2.05) is 64.9 Å². The molecule has 5 heteroatoms. The number of benzene rings is 3. The van der Waals surface area contributed by atoms with Crippen molar-refractivity contribution in [2.45, 2.75) is 26.4 Å². The largest absolute Gasteiger partial charge is 0.488 e. The summed E-state index contributed by atoms with van der Waals surface area (Å²) in [5, 5.41) is 0.912. The number of fused-ring (bicyclic) bond motifs is 1. The summed E-state index contributed by atoms with van der Waals surface area (Å²) in [7, 11) is 0. The van der Waals surface area contributed by atoms with Crippen LogP contribution in [0, 0.1) is 12.7 Å². The number of nitrogens with zero attached hydrogens (tertiary/aromatic N) is 2. The molecule has 0 saturated carbocycles. The summed E-state index contributed by atoms with van der Waals surface area (Å²) in [6.07, 6.45) is 2.04. The fraction of sp³-hybridized carbons (Fsp3) is 0.222. The lowest BCUT2D eigenvalue weighted by atomic mass is 10.1. The number of rotatable bonds is 5. The first kappa shape index (κ1) is 20.3. The molecule has 32 heavy (non-hydrogen) atoms. The fourth-order valence-electron chi connectivity index (χ4n) is 4.53. The molecule has 0 N–H and O–H groups in total. The molecule has 1 aromatic heterocycles. The average Bonchev–Trinajstić information content (AvgIpc) is 3.46. The Morgan fingerprint density at radius 2 is 1.66 bits per heavy atom. The maximum atomic E-state index is 13.6. The van der Waals surface area contributed by atoms with Gasteiger partial charge in [-0.05, 0) is 67.3 Å². The molecule has 4 aromatic rings. The van der Waals surface area contributed by atoms with Gasteiger partial charge in [0, 0.05) is 24.2 Å². The molecule has 3 aromatic carbocycles. The van der Waals surface area contributed by atoms with E-state index in [0.29, 0.717) is 12.3 Å². The molecule has 2 heterocycles. The second-order valence-electron chi connectivity index (χ2n) is 8.21. The maximum absolute atomic E-state index is 13.6. The van der Waals surface area contributed by atoms with Gasteiger partial charge in [0.15, 0.2) is 0 Å². The average molecular weight is 429 g/mol. The van der Waals surface area contributed by atoms with Crippen molar-refractivity contribution in [1.29, 1.82) is 0 Å². The summed E-state index contributed by atoms with van der Waals surface area (Å²) in [6.45, 7) is 3.94. The third-order valence-corrected chi connectivity index (χ3v) is 6.12. The van der Waals surface area contributed by atoms with Gasteiger partial charge in [0.2, 0.25) is 0 Å². The molecule has 0 spiro atoms. The highest BCUT2D eigenvalue weighted by molar-refractivity contribution is 6.04. The van der Waals surface area contributed by atoms with Crippen LogP contribution < -0.4 is 4.74 Å². The van der Waals surface area contributed by atoms with Gasteiger partial charge in [-0.1, -0.05) is 36.4 Å². The van der Waals surface area contributed by atoms with Gasteiger partial charge in [-0.15, -0.1) is 0 Å². The van der Waals surface area contributed by atoms with E-state index in [1.165, 1.54) is 12.1 Å². The van der Waals surface area contributed by atoms with Crippen LogP contribution in [0.5, 0.6) is 5.75 Å². The van der Waals surface area contributed by atoms with Gasteiger partial charge < -0.3 is 14.2 Å². The molecule has 1 amide bonds. The van der Waals surface area contributed by atoms with Crippen molar-refractivity contribution in [1.82, 2.24) is 9.47 Å². The normalized spacial score (nSPS) is 13.6. The van der Waals surface area contributed by atoms with Crippen LogP contribution in [-0.2, 0) is 6.61 Å². The maximum Gasteiger partial charge on any atom is 0.271 e. The number of carbonyl (C=O) groups is 1. The van der Waals surface area contributed by atoms with Crippen LogP contribution in [0.2, 0.25) is 0 Å². The minimum atomic E-state index is -0.304. The first-order chi connectivity index (χ1) is 15.6. The van der Waals surface area contributed by atoms with Gasteiger partial charge in [0.25, 0.3) is 5.91 Å². The van der Waals surface area contributed by atoms with Crippen LogP contribution in [0.25, 0.3) is 16.6 Å². The van der Waals surface area contributed by atoms with Crippen LogP contribution in [0.3, 0.4) is 0 Å². The molecular formula is C27H25FN2O2. The molecule has 0 bridgehead atoms.